The number of nitrogens with one attached hydrogen (secondary N) is 1. The number of piperidine rings is 1. The minimum absolute atomic E-state index is 0.0679. The fourth-order valence-electron chi connectivity index (χ4n) is 2.97. The third-order valence-electron chi connectivity index (χ3n) is 4.27. The van der Waals surface area contributed by atoms with Crippen LogP contribution in [0.25, 0.3) is 0 Å². The van der Waals surface area contributed by atoms with Crippen molar-refractivity contribution in [2.45, 2.75) is 45.6 Å². The summed E-state index contributed by atoms with van der Waals surface area (Å²) in [7, 11) is 0. The maximum atomic E-state index is 11.9. The van der Waals surface area contributed by atoms with E-state index in [9.17, 15) is 4.79 Å². The second-order valence-electron chi connectivity index (χ2n) is 6.30. The first-order valence-corrected chi connectivity index (χ1v) is 7.94. The van der Waals surface area contributed by atoms with Crippen LogP contribution in [0, 0.1) is 5.92 Å². The lowest BCUT2D eigenvalue weighted by atomic mass is 9.95. The van der Waals surface area contributed by atoms with E-state index >= 15 is 0 Å². The molecule has 0 aliphatic carbocycles. The number of hydrogen-bond acceptors (Lipinski definition) is 3. The molecule has 21 heavy (non-hydrogen) atoms. The molecule has 3 N–H and O–H groups in total. The van der Waals surface area contributed by atoms with Crippen LogP contribution in [0.4, 0.5) is 11.4 Å². The number of carbonyl (C=O) groups is 1. The molecule has 4 nitrogen and oxygen atoms in total. The van der Waals surface area contributed by atoms with Crippen molar-refractivity contribution < 1.29 is 4.79 Å². The van der Waals surface area contributed by atoms with Gasteiger partial charge >= 0.3 is 0 Å². The first kappa shape index (κ1) is 15.8. The third kappa shape index (κ3) is 5.05. The monoisotopic (exact) mass is 289 g/mol. The van der Waals surface area contributed by atoms with Crippen molar-refractivity contribution in [1.82, 2.24) is 4.90 Å². The van der Waals surface area contributed by atoms with Crippen molar-refractivity contribution in [3.8, 4) is 0 Å². The number of benzene rings is 1. The predicted octanol–water partition coefficient (Wildman–Crippen LogP) is 3.11. The lowest BCUT2D eigenvalue weighted by Gasteiger charge is -2.36. The molecule has 1 saturated heterocycles. The molecule has 1 fully saturated rings. The summed E-state index contributed by atoms with van der Waals surface area (Å²) < 4.78 is 0. The SMILES string of the molecule is CC1CCC(C)N(CCCC(=O)Nc2cccc(N)c2)C1. The number of nitrogen functional groups attached to an aromatic ring is 1. The first-order valence-electron chi connectivity index (χ1n) is 7.94. The summed E-state index contributed by atoms with van der Waals surface area (Å²) in [5.41, 5.74) is 7.15. The molecule has 2 unspecified atom stereocenters. The molecule has 2 atom stereocenters. The Bertz CT molecular complexity index is 475. The molecule has 4 heteroatoms. The average molecular weight is 289 g/mol. The van der Waals surface area contributed by atoms with E-state index in [1.807, 2.05) is 18.2 Å². The van der Waals surface area contributed by atoms with Gasteiger partial charge in [-0.15, -0.1) is 0 Å². The summed E-state index contributed by atoms with van der Waals surface area (Å²) in [5.74, 6) is 0.848. The third-order valence-corrected chi connectivity index (χ3v) is 4.27. The van der Waals surface area contributed by atoms with E-state index in [0.29, 0.717) is 18.2 Å². The summed E-state index contributed by atoms with van der Waals surface area (Å²) in [6, 6.07) is 7.96. The van der Waals surface area contributed by atoms with Crippen LogP contribution >= 0.6 is 0 Å². The van der Waals surface area contributed by atoms with Crippen molar-refractivity contribution in [2.24, 2.45) is 5.92 Å². The van der Waals surface area contributed by atoms with Crippen LogP contribution in [0.3, 0.4) is 0 Å². The van der Waals surface area contributed by atoms with Gasteiger partial charge in [0.05, 0.1) is 0 Å². The van der Waals surface area contributed by atoms with Gasteiger partial charge in [-0.3, -0.25) is 4.79 Å². The van der Waals surface area contributed by atoms with Crippen LogP contribution in [-0.2, 0) is 4.79 Å². The summed E-state index contributed by atoms with van der Waals surface area (Å²) >= 11 is 0. The van der Waals surface area contributed by atoms with Gasteiger partial charge < -0.3 is 16.0 Å². The minimum atomic E-state index is 0.0679. The van der Waals surface area contributed by atoms with Crippen LogP contribution in [0.15, 0.2) is 24.3 Å². The molecule has 0 radical (unpaired) electrons. The molecule has 1 heterocycles. The van der Waals surface area contributed by atoms with E-state index in [4.69, 9.17) is 5.73 Å². The van der Waals surface area contributed by atoms with Gasteiger partial charge in [-0.25, -0.2) is 0 Å². The van der Waals surface area contributed by atoms with Gasteiger partial charge in [0, 0.05) is 30.4 Å². The Balaban J connectivity index is 1.71. The van der Waals surface area contributed by atoms with Gasteiger partial charge in [0.1, 0.15) is 0 Å². The number of nitrogens with two attached hydrogens (primary N) is 1. The summed E-state index contributed by atoms with van der Waals surface area (Å²) in [6.07, 6.45) is 4.07. The zero-order valence-electron chi connectivity index (χ0n) is 13.1. The normalized spacial score (nSPS) is 23.0. The van der Waals surface area contributed by atoms with E-state index < -0.39 is 0 Å². The Morgan fingerprint density at radius 1 is 1.38 bits per heavy atom. The van der Waals surface area contributed by atoms with Crippen molar-refractivity contribution in [3.63, 3.8) is 0 Å². The Labute approximate surface area is 127 Å². The van der Waals surface area contributed by atoms with E-state index in [0.717, 1.165) is 31.1 Å². The Morgan fingerprint density at radius 2 is 2.19 bits per heavy atom. The molecule has 1 aromatic rings. The summed E-state index contributed by atoms with van der Waals surface area (Å²) in [4.78, 5) is 14.5. The highest BCUT2D eigenvalue weighted by Gasteiger charge is 2.22. The molecule has 2 rings (SSSR count). The zero-order chi connectivity index (χ0) is 15.2. The van der Waals surface area contributed by atoms with Crippen LogP contribution < -0.4 is 11.1 Å². The van der Waals surface area contributed by atoms with Crippen molar-refractivity contribution in [2.75, 3.05) is 24.1 Å². The molecule has 0 saturated carbocycles. The highest BCUT2D eigenvalue weighted by Crippen LogP contribution is 2.21. The van der Waals surface area contributed by atoms with Crippen molar-refractivity contribution >= 4 is 17.3 Å². The van der Waals surface area contributed by atoms with Crippen LogP contribution in [0.2, 0.25) is 0 Å². The number of rotatable bonds is 5. The highest BCUT2D eigenvalue weighted by molar-refractivity contribution is 5.91. The van der Waals surface area contributed by atoms with Gasteiger partial charge in [-0.05, 0) is 56.8 Å². The average Bonchev–Trinajstić information content (AvgIpc) is 2.42. The van der Waals surface area contributed by atoms with E-state index in [1.54, 1.807) is 6.07 Å². The number of amides is 1. The van der Waals surface area contributed by atoms with Crippen LogP contribution in [-0.4, -0.2) is 29.9 Å². The van der Waals surface area contributed by atoms with E-state index in [-0.39, 0.29) is 5.91 Å². The van der Waals surface area contributed by atoms with Gasteiger partial charge in [-0.2, -0.15) is 0 Å². The van der Waals surface area contributed by atoms with Gasteiger partial charge in [0.2, 0.25) is 5.91 Å². The van der Waals surface area contributed by atoms with Gasteiger partial charge in [-0.1, -0.05) is 13.0 Å². The lowest BCUT2D eigenvalue weighted by Crippen LogP contribution is -2.41. The topological polar surface area (TPSA) is 58.4 Å². The van der Waals surface area contributed by atoms with Gasteiger partial charge in [0.15, 0.2) is 0 Å². The first-order chi connectivity index (χ1) is 10.0. The molecular weight excluding hydrogens is 262 g/mol. The highest BCUT2D eigenvalue weighted by atomic mass is 16.1. The lowest BCUT2D eigenvalue weighted by molar-refractivity contribution is -0.116. The Morgan fingerprint density at radius 3 is 2.95 bits per heavy atom. The van der Waals surface area contributed by atoms with Crippen LogP contribution in [0.1, 0.15) is 39.5 Å². The fraction of sp³-hybridized carbons (Fsp3) is 0.588. The van der Waals surface area contributed by atoms with E-state index in [2.05, 4.69) is 24.1 Å². The number of nitrogens with zero attached hydrogens (tertiary/aromatic N) is 1. The quantitative estimate of drug-likeness (QED) is 0.819. The van der Waals surface area contributed by atoms with E-state index in [1.165, 1.54) is 12.8 Å². The molecule has 1 aliphatic rings. The Hall–Kier alpha value is -1.55. The Kier molecular flexibility index (Phi) is 5.62. The van der Waals surface area contributed by atoms with Crippen molar-refractivity contribution in [1.29, 1.82) is 0 Å². The second-order valence-corrected chi connectivity index (χ2v) is 6.30. The number of carbonyl (C=O) groups excluding carboxylic acids is 1. The van der Waals surface area contributed by atoms with Gasteiger partial charge in [0.25, 0.3) is 0 Å². The molecule has 0 spiro atoms. The maximum absolute atomic E-state index is 11.9. The largest absolute Gasteiger partial charge is 0.399 e. The second kappa shape index (κ2) is 7.46. The molecule has 0 bridgehead atoms. The fourth-order valence-corrected chi connectivity index (χ4v) is 2.97. The zero-order valence-corrected chi connectivity index (χ0v) is 13.1. The summed E-state index contributed by atoms with van der Waals surface area (Å²) in [5, 5.41) is 2.90. The number of hydrogen-bond donors (Lipinski definition) is 2. The number of likely N-dealkylation sites (tertiary alicyclic amines) is 1. The standard InChI is InChI=1S/C17H27N3O/c1-13-8-9-14(2)20(12-13)10-4-7-17(21)19-16-6-3-5-15(18)11-16/h3,5-6,11,13-14H,4,7-10,12,18H2,1-2H3,(H,19,21). The smallest absolute Gasteiger partial charge is 0.224 e. The number of anilines is 2. The summed E-state index contributed by atoms with van der Waals surface area (Å²) in [6.45, 7) is 6.78. The molecule has 1 aliphatic heterocycles. The van der Waals surface area contributed by atoms with Crippen LogP contribution in [0.5, 0.6) is 0 Å². The molecule has 1 aromatic carbocycles. The minimum Gasteiger partial charge on any atom is -0.399 e. The maximum Gasteiger partial charge on any atom is 0.224 e. The predicted molar refractivity (Wildman–Crippen MR) is 88.2 cm³/mol. The molecule has 1 amide bonds. The molecular formula is C17H27N3O. The van der Waals surface area contributed by atoms with Crippen molar-refractivity contribution in [3.05, 3.63) is 24.3 Å². The molecule has 0 aromatic heterocycles. The molecule has 116 valence electrons.